The topological polar surface area (TPSA) is 52.0 Å². The van der Waals surface area contributed by atoms with Crippen molar-refractivity contribution < 1.29 is 4.52 Å². The summed E-state index contributed by atoms with van der Waals surface area (Å²) >= 11 is 0. The Morgan fingerprint density at radius 1 is 1.33 bits per heavy atom. The summed E-state index contributed by atoms with van der Waals surface area (Å²) in [4.78, 5) is 0. The van der Waals surface area contributed by atoms with Gasteiger partial charge in [0.05, 0.1) is 0 Å². The van der Waals surface area contributed by atoms with Crippen LogP contribution in [0.1, 0.15) is 29.2 Å². The summed E-state index contributed by atoms with van der Waals surface area (Å²) in [6, 6.07) is 10.3. The van der Waals surface area contributed by atoms with E-state index in [0.29, 0.717) is 11.7 Å². The summed E-state index contributed by atoms with van der Waals surface area (Å²) in [6.07, 6.45) is 2.20. The number of rotatable bonds is 1. The molecule has 0 saturated heterocycles. The molecule has 1 atom stereocenters. The van der Waals surface area contributed by atoms with Gasteiger partial charge >= 0.3 is 0 Å². The van der Waals surface area contributed by atoms with Gasteiger partial charge in [0, 0.05) is 12.0 Å². The number of aromatic nitrogens is 1. The number of hydrogen-bond donors (Lipinski definition) is 1. The molecule has 1 heterocycles. The molecule has 0 radical (unpaired) electrons. The van der Waals surface area contributed by atoms with Gasteiger partial charge in [-0.15, -0.1) is 0 Å². The van der Waals surface area contributed by atoms with Crippen molar-refractivity contribution in [3.8, 4) is 0 Å². The van der Waals surface area contributed by atoms with Crippen molar-refractivity contribution in [1.29, 1.82) is 0 Å². The molecule has 0 bridgehead atoms. The van der Waals surface area contributed by atoms with Crippen LogP contribution in [0.3, 0.4) is 0 Å². The Labute approximate surface area is 87.9 Å². The van der Waals surface area contributed by atoms with Crippen LogP contribution >= 0.6 is 0 Å². The smallest absolute Gasteiger partial charge is 0.167 e. The number of aryl methyl sites for hydroxylation is 1. The van der Waals surface area contributed by atoms with E-state index in [0.717, 1.165) is 18.6 Å². The average Bonchev–Trinajstić information content (AvgIpc) is 2.83. The first kappa shape index (κ1) is 8.53. The fraction of sp³-hybridized carbons (Fsp3) is 0.250. The zero-order chi connectivity index (χ0) is 10.3. The van der Waals surface area contributed by atoms with Crippen molar-refractivity contribution in [1.82, 2.24) is 5.16 Å². The summed E-state index contributed by atoms with van der Waals surface area (Å²) in [5, 5.41) is 3.74. The SMILES string of the molecule is Nc1cc(C2CCc3ccccc32)on1. The van der Waals surface area contributed by atoms with Gasteiger partial charge in [-0.05, 0) is 24.0 Å². The van der Waals surface area contributed by atoms with Crippen LogP contribution in [0.4, 0.5) is 5.82 Å². The molecule has 15 heavy (non-hydrogen) atoms. The minimum atomic E-state index is 0.339. The van der Waals surface area contributed by atoms with Crippen molar-refractivity contribution in [2.45, 2.75) is 18.8 Å². The standard InChI is InChI=1S/C12H12N2O/c13-12-7-11(15-14-12)10-6-5-8-3-1-2-4-9(8)10/h1-4,7,10H,5-6H2,(H2,13,14). The molecule has 3 rings (SSSR count). The average molecular weight is 200 g/mol. The lowest BCUT2D eigenvalue weighted by atomic mass is 9.99. The molecule has 3 nitrogen and oxygen atoms in total. The quantitative estimate of drug-likeness (QED) is 0.768. The van der Waals surface area contributed by atoms with Gasteiger partial charge in [-0.25, -0.2) is 0 Å². The molecule has 1 aromatic heterocycles. The molecule has 3 heteroatoms. The second-order valence-electron chi connectivity index (χ2n) is 3.94. The van der Waals surface area contributed by atoms with Crippen LogP contribution in [0.2, 0.25) is 0 Å². The second-order valence-corrected chi connectivity index (χ2v) is 3.94. The third-order valence-electron chi connectivity index (χ3n) is 3.02. The summed E-state index contributed by atoms with van der Waals surface area (Å²) in [7, 11) is 0. The van der Waals surface area contributed by atoms with E-state index in [1.54, 1.807) is 0 Å². The largest absolute Gasteiger partial charge is 0.381 e. The van der Waals surface area contributed by atoms with E-state index in [1.807, 2.05) is 6.07 Å². The summed E-state index contributed by atoms with van der Waals surface area (Å²) in [6.45, 7) is 0. The lowest BCUT2D eigenvalue weighted by Gasteiger charge is -2.06. The van der Waals surface area contributed by atoms with Gasteiger partial charge < -0.3 is 10.3 Å². The number of nitrogens with zero attached hydrogens (tertiary/aromatic N) is 1. The Kier molecular flexibility index (Phi) is 1.78. The molecule has 1 unspecified atom stereocenters. The van der Waals surface area contributed by atoms with Crippen LogP contribution < -0.4 is 5.73 Å². The van der Waals surface area contributed by atoms with E-state index in [-0.39, 0.29) is 0 Å². The van der Waals surface area contributed by atoms with Crippen LogP contribution in [0.25, 0.3) is 0 Å². The second kappa shape index (κ2) is 3.12. The molecule has 2 N–H and O–H groups in total. The minimum Gasteiger partial charge on any atom is -0.381 e. The van der Waals surface area contributed by atoms with Gasteiger partial charge in [0.1, 0.15) is 5.76 Å². The number of benzene rings is 1. The Morgan fingerprint density at radius 3 is 3.00 bits per heavy atom. The van der Waals surface area contributed by atoms with Crippen LogP contribution in [-0.4, -0.2) is 5.16 Å². The maximum Gasteiger partial charge on any atom is 0.167 e. The fourth-order valence-electron chi connectivity index (χ4n) is 2.32. The predicted octanol–water partition coefficient (Wildman–Crippen LogP) is 2.33. The molecule has 0 aliphatic heterocycles. The van der Waals surface area contributed by atoms with Crippen LogP contribution in [0.5, 0.6) is 0 Å². The first-order valence-corrected chi connectivity index (χ1v) is 5.14. The molecule has 0 amide bonds. The van der Waals surface area contributed by atoms with Crippen molar-refractivity contribution in [2.75, 3.05) is 5.73 Å². The van der Waals surface area contributed by atoms with Gasteiger partial charge in [-0.2, -0.15) is 0 Å². The number of nitrogen functional groups attached to an aromatic ring is 1. The number of anilines is 1. The van der Waals surface area contributed by atoms with Crippen LogP contribution in [-0.2, 0) is 6.42 Å². The summed E-state index contributed by atoms with van der Waals surface area (Å²) < 4.78 is 5.23. The van der Waals surface area contributed by atoms with Crippen molar-refractivity contribution >= 4 is 5.82 Å². The zero-order valence-electron chi connectivity index (χ0n) is 8.31. The van der Waals surface area contributed by atoms with E-state index in [2.05, 4.69) is 29.4 Å². The molecular weight excluding hydrogens is 188 g/mol. The van der Waals surface area contributed by atoms with E-state index < -0.39 is 0 Å². The third kappa shape index (κ3) is 1.31. The Bertz CT molecular complexity index is 490. The first-order valence-electron chi connectivity index (χ1n) is 5.14. The van der Waals surface area contributed by atoms with E-state index in [9.17, 15) is 0 Å². The van der Waals surface area contributed by atoms with Crippen molar-refractivity contribution in [2.24, 2.45) is 0 Å². The summed E-state index contributed by atoms with van der Waals surface area (Å²) in [5.41, 5.74) is 8.33. The predicted molar refractivity (Wildman–Crippen MR) is 57.5 cm³/mol. The van der Waals surface area contributed by atoms with E-state index >= 15 is 0 Å². The lowest BCUT2D eigenvalue weighted by molar-refractivity contribution is 0.373. The summed E-state index contributed by atoms with van der Waals surface area (Å²) in [5.74, 6) is 1.69. The molecule has 1 aliphatic carbocycles. The van der Waals surface area contributed by atoms with Gasteiger partial charge in [0.25, 0.3) is 0 Å². The normalized spacial score (nSPS) is 19.1. The Hall–Kier alpha value is -1.77. The molecular formula is C12H12N2O. The molecule has 1 aromatic carbocycles. The molecule has 0 fully saturated rings. The van der Waals surface area contributed by atoms with Crippen LogP contribution in [0, 0.1) is 0 Å². The lowest BCUT2D eigenvalue weighted by Crippen LogP contribution is -1.93. The zero-order valence-corrected chi connectivity index (χ0v) is 8.31. The maximum atomic E-state index is 5.56. The van der Waals surface area contributed by atoms with Crippen LogP contribution in [0.15, 0.2) is 34.9 Å². The van der Waals surface area contributed by atoms with Crippen molar-refractivity contribution in [3.05, 3.63) is 47.2 Å². The number of fused-ring (bicyclic) bond motifs is 1. The van der Waals surface area contributed by atoms with Gasteiger partial charge in [0.2, 0.25) is 0 Å². The first-order chi connectivity index (χ1) is 7.34. The highest BCUT2D eigenvalue weighted by atomic mass is 16.5. The number of hydrogen-bond acceptors (Lipinski definition) is 3. The number of nitrogens with two attached hydrogens (primary N) is 1. The molecule has 2 aromatic rings. The highest BCUT2D eigenvalue weighted by Crippen LogP contribution is 2.38. The highest BCUT2D eigenvalue weighted by Gasteiger charge is 2.26. The monoisotopic (exact) mass is 200 g/mol. The minimum absolute atomic E-state index is 0.339. The van der Waals surface area contributed by atoms with Crippen molar-refractivity contribution in [3.63, 3.8) is 0 Å². The maximum absolute atomic E-state index is 5.56. The van der Waals surface area contributed by atoms with E-state index in [1.165, 1.54) is 11.1 Å². The molecule has 0 saturated carbocycles. The van der Waals surface area contributed by atoms with Gasteiger partial charge in [-0.3, -0.25) is 0 Å². The van der Waals surface area contributed by atoms with Gasteiger partial charge in [0.15, 0.2) is 5.82 Å². The highest BCUT2D eigenvalue weighted by molar-refractivity contribution is 5.41. The Balaban J connectivity index is 2.04. The Morgan fingerprint density at radius 2 is 2.20 bits per heavy atom. The molecule has 76 valence electrons. The van der Waals surface area contributed by atoms with Gasteiger partial charge in [-0.1, -0.05) is 29.4 Å². The fourth-order valence-corrected chi connectivity index (χ4v) is 2.32. The molecule has 1 aliphatic rings. The third-order valence-corrected chi connectivity index (χ3v) is 3.02. The molecule has 0 spiro atoms. The van der Waals surface area contributed by atoms with E-state index in [4.69, 9.17) is 10.3 Å².